The van der Waals surface area contributed by atoms with Crippen molar-refractivity contribution in [3.05, 3.63) is 180 Å². The first-order valence-corrected chi connectivity index (χ1v) is 16.8. The van der Waals surface area contributed by atoms with Gasteiger partial charge in [0.25, 0.3) is 0 Å². The second-order valence-corrected chi connectivity index (χ2v) is 11.9. The van der Waals surface area contributed by atoms with Gasteiger partial charge in [0.15, 0.2) is 0 Å². The van der Waals surface area contributed by atoms with Crippen molar-refractivity contribution in [3.63, 3.8) is 0 Å². The van der Waals surface area contributed by atoms with Gasteiger partial charge in [0.2, 0.25) is 0 Å². The fourth-order valence-electron chi connectivity index (χ4n) is 6.51. The molecule has 0 spiro atoms. The number of rotatable bonds is 3. The van der Waals surface area contributed by atoms with E-state index >= 15 is 0 Å². The van der Waals surface area contributed by atoms with Crippen molar-refractivity contribution in [2.75, 3.05) is 14.1 Å². The maximum absolute atomic E-state index is 4.50. The van der Waals surface area contributed by atoms with Gasteiger partial charge >= 0.3 is 0 Å². The van der Waals surface area contributed by atoms with Crippen LogP contribution in [0.15, 0.2) is 164 Å². The highest BCUT2D eigenvalue weighted by atomic mass is 14.4. The fraction of sp³-hybridized carbons (Fsp3) is 0.106. The number of benzene rings is 8. The van der Waals surface area contributed by atoms with E-state index in [4.69, 9.17) is 0 Å². The first-order chi connectivity index (χ1) is 24.1. The van der Waals surface area contributed by atoms with Crippen LogP contribution in [0.5, 0.6) is 0 Å². The van der Waals surface area contributed by atoms with Gasteiger partial charge in [0.05, 0.1) is 0 Å². The molecule has 0 radical (unpaired) electrons. The second-order valence-electron chi connectivity index (χ2n) is 11.9. The maximum atomic E-state index is 4.50. The highest BCUT2D eigenvalue weighted by Gasteiger charge is 2.11. The van der Waals surface area contributed by atoms with Crippen molar-refractivity contribution in [3.8, 4) is 33.4 Å². The third kappa shape index (κ3) is 7.63. The molecule has 0 aromatic heterocycles. The minimum Gasteiger partial charge on any atom is -0.333 e. The van der Waals surface area contributed by atoms with Crippen LogP contribution in [0.25, 0.3) is 65.7 Å². The van der Waals surface area contributed by atoms with Gasteiger partial charge in [-0.05, 0) is 129 Å². The molecule has 0 fully saturated rings. The van der Waals surface area contributed by atoms with E-state index in [2.05, 4.69) is 196 Å². The van der Waals surface area contributed by atoms with Gasteiger partial charge < -0.3 is 11.5 Å². The molecule has 2 nitrogen and oxygen atoms in total. The number of nitrogens with two attached hydrogens (primary N) is 2. The van der Waals surface area contributed by atoms with Crippen LogP contribution >= 0.6 is 0 Å². The Morgan fingerprint density at radius 1 is 0.306 bits per heavy atom. The number of fused-ring (bicyclic) bond motifs is 3. The molecule has 8 aromatic carbocycles. The van der Waals surface area contributed by atoms with Crippen LogP contribution < -0.4 is 11.5 Å². The molecule has 244 valence electrons. The van der Waals surface area contributed by atoms with E-state index in [1.807, 2.05) is 0 Å². The molecule has 0 aliphatic heterocycles. The standard InChI is InChI=1S/C34H26.C11H10.2CH5N/c1-23-9-3-6-12-30(23)33-22-27(16-15-24(33)2)25-17-19-26(20-18-25)34-31-13-7-4-10-28(31)21-29-11-5-8-14-32(29)34;1-9-5-4-7-10-6-2-3-8-11(9)10;2*1-2/h3-22H,1-2H3;2-8H,1H3;2*2H2,1H3. The zero-order valence-corrected chi connectivity index (χ0v) is 29.2. The summed E-state index contributed by atoms with van der Waals surface area (Å²) in [6, 6.07) is 59.0. The largest absolute Gasteiger partial charge is 0.333 e. The third-order valence-corrected chi connectivity index (χ3v) is 8.96. The van der Waals surface area contributed by atoms with Gasteiger partial charge in [-0.1, -0.05) is 152 Å². The molecule has 49 heavy (non-hydrogen) atoms. The molecule has 8 rings (SSSR count). The van der Waals surface area contributed by atoms with Crippen molar-refractivity contribution in [2.24, 2.45) is 11.5 Å². The van der Waals surface area contributed by atoms with Gasteiger partial charge in [-0.3, -0.25) is 0 Å². The molecule has 0 atom stereocenters. The van der Waals surface area contributed by atoms with Gasteiger partial charge in [0.1, 0.15) is 0 Å². The summed E-state index contributed by atoms with van der Waals surface area (Å²) in [5.41, 5.74) is 20.6. The Labute approximate surface area is 291 Å². The molecular weight excluding hydrogens is 593 g/mol. The summed E-state index contributed by atoms with van der Waals surface area (Å²) in [4.78, 5) is 0. The molecule has 0 aliphatic rings. The summed E-state index contributed by atoms with van der Waals surface area (Å²) in [6.45, 7) is 6.52. The van der Waals surface area contributed by atoms with Gasteiger partial charge in [0, 0.05) is 0 Å². The Morgan fingerprint density at radius 3 is 1.37 bits per heavy atom. The predicted octanol–water partition coefficient (Wildman–Crippen LogP) is 11.9. The van der Waals surface area contributed by atoms with E-state index in [1.54, 1.807) is 0 Å². The van der Waals surface area contributed by atoms with E-state index in [0.29, 0.717) is 0 Å². The Hall–Kier alpha value is -5.54. The first-order valence-electron chi connectivity index (χ1n) is 16.8. The van der Waals surface area contributed by atoms with Gasteiger partial charge in [-0.25, -0.2) is 0 Å². The smallest absolute Gasteiger partial charge is 0.00268 e. The summed E-state index contributed by atoms with van der Waals surface area (Å²) in [5.74, 6) is 0. The monoisotopic (exact) mass is 638 g/mol. The molecule has 0 bridgehead atoms. The Bertz CT molecular complexity index is 2240. The van der Waals surface area contributed by atoms with Crippen LogP contribution in [0.2, 0.25) is 0 Å². The van der Waals surface area contributed by atoms with E-state index in [0.717, 1.165) is 0 Å². The van der Waals surface area contributed by atoms with Crippen LogP contribution in [0, 0.1) is 20.8 Å². The number of hydrogen-bond donors (Lipinski definition) is 2. The number of aryl methyl sites for hydroxylation is 3. The number of hydrogen-bond acceptors (Lipinski definition) is 2. The van der Waals surface area contributed by atoms with E-state index < -0.39 is 0 Å². The molecule has 8 aromatic rings. The lowest BCUT2D eigenvalue weighted by atomic mass is 9.90. The molecular formula is C47H46N2. The second kappa shape index (κ2) is 16.5. The minimum atomic E-state index is 1.24. The van der Waals surface area contributed by atoms with Gasteiger partial charge in [-0.15, -0.1) is 0 Å². The topological polar surface area (TPSA) is 52.0 Å². The van der Waals surface area contributed by atoms with Crippen molar-refractivity contribution in [1.29, 1.82) is 0 Å². The summed E-state index contributed by atoms with van der Waals surface area (Å²) in [7, 11) is 3.00. The molecule has 4 N–H and O–H groups in total. The van der Waals surface area contributed by atoms with Crippen molar-refractivity contribution < 1.29 is 0 Å². The fourth-order valence-corrected chi connectivity index (χ4v) is 6.51. The highest BCUT2D eigenvalue weighted by molar-refractivity contribution is 6.12. The van der Waals surface area contributed by atoms with Gasteiger partial charge in [-0.2, -0.15) is 0 Å². The molecule has 2 heteroatoms. The van der Waals surface area contributed by atoms with Crippen LogP contribution in [-0.2, 0) is 0 Å². The molecule has 0 unspecified atom stereocenters. The van der Waals surface area contributed by atoms with Crippen molar-refractivity contribution in [2.45, 2.75) is 20.8 Å². The van der Waals surface area contributed by atoms with Crippen LogP contribution in [0.3, 0.4) is 0 Å². The maximum Gasteiger partial charge on any atom is -0.00268 e. The lowest BCUT2D eigenvalue weighted by molar-refractivity contribution is 1.41. The Balaban J connectivity index is 0.000000261. The molecule has 0 heterocycles. The first kappa shape index (κ1) is 34.8. The quantitative estimate of drug-likeness (QED) is 0.189. The summed E-state index contributed by atoms with van der Waals surface area (Å²) in [6.07, 6.45) is 0. The summed E-state index contributed by atoms with van der Waals surface area (Å²) in [5, 5.41) is 7.84. The van der Waals surface area contributed by atoms with Crippen LogP contribution in [0.1, 0.15) is 16.7 Å². The zero-order valence-electron chi connectivity index (χ0n) is 29.2. The predicted molar refractivity (Wildman–Crippen MR) is 216 cm³/mol. The Morgan fingerprint density at radius 2 is 0.755 bits per heavy atom. The van der Waals surface area contributed by atoms with Crippen molar-refractivity contribution >= 4 is 32.3 Å². The molecule has 0 saturated carbocycles. The van der Waals surface area contributed by atoms with E-state index in [9.17, 15) is 0 Å². The highest BCUT2D eigenvalue weighted by Crippen LogP contribution is 2.38. The van der Waals surface area contributed by atoms with Crippen LogP contribution in [-0.4, -0.2) is 14.1 Å². The Kier molecular flexibility index (Phi) is 11.7. The third-order valence-electron chi connectivity index (χ3n) is 8.96. The van der Waals surface area contributed by atoms with E-state index in [1.165, 1.54) is 96.5 Å². The molecule has 0 saturated heterocycles. The average Bonchev–Trinajstić information content (AvgIpc) is 3.17. The summed E-state index contributed by atoms with van der Waals surface area (Å²) >= 11 is 0. The zero-order chi connectivity index (χ0) is 34.8. The average molecular weight is 639 g/mol. The lowest BCUT2D eigenvalue weighted by Gasteiger charge is -2.14. The van der Waals surface area contributed by atoms with Crippen molar-refractivity contribution in [1.82, 2.24) is 0 Å². The minimum absolute atomic E-state index is 1.24. The molecule has 0 amide bonds. The normalized spacial score (nSPS) is 10.3. The SMILES string of the molecule is CN.CN.Cc1cccc2ccccc12.Cc1ccccc1-c1cc(-c2ccc(-c3c4ccccc4cc4ccccc34)cc2)ccc1C. The van der Waals surface area contributed by atoms with E-state index in [-0.39, 0.29) is 0 Å². The van der Waals surface area contributed by atoms with Crippen LogP contribution in [0.4, 0.5) is 0 Å². The summed E-state index contributed by atoms with van der Waals surface area (Å²) < 4.78 is 0. The molecule has 0 aliphatic carbocycles. The lowest BCUT2D eigenvalue weighted by Crippen LogP contribution is -1.89.